The highest BCUT2D eigenvalue weighted by Crippen LogP contribution is 2.35. The highest BCUT2D eigenvalue weighted by Gasteiger charge is 2.34. The summed E-state index contributed by atoms with van der Waals surface area (Å²) in [5.41, 5.74) is 5.17. The molecule has 3 atom stereocenters. The van der Waals surface area contributed by atoms with Gasteiger partial charge in [0.2, 0.25) is 0 Å². The Balaban J connectivity index is 1.16. The standard InChI is InChI=1S/C28H33N7O/c1-33-17-23(15-31-33)20-5-2-6-21(11-20)28-29-13-22(14-30-28)24-16-32-35(18-24)26-8-3-7-25(12-26)34-10-4-9-27(34)19-36/h2,5-6,11,13-18,25-27,36H,3-4,7-10,12,19H2,1H3/t25-,26?,27-/m1/s1. The molecule has 1 aliphatic heterocycles. The van der Waals surface area contributed by atoms with Gasteiger partial charge in [-0.3, -0.25) is 14.3 Å². The summed E-state index contributed by atoms with van der Waals surface area (Å²) in [6, 6.07) is 9.52. The lowest BCUT2D eigenvalue weighted by molar-refractivity contribution is 0.0828. The van der Waals surface area contributed by atoms with Crippen molar-refractivity contribution in [1.29, 1.82) is 0 Å². The second-order valence-corrected chi connectivity index (χ2v) is 10.2. The Hall–Kier alpha value is -3.36. The van der Waals surface area contributed by atoms with Gasteiger partial charge >= 0.3 is 0 Å². The lowest BCUT2D eigenvalue weighted by atomic mass is 9.89. The van der Waals surface area contributed by atoms with Crippen molar-refractivity contribution in [3.63, 3.8) is 0 Å². The fourth-order valence-electron chi connectivity index (χ4n) is 5.94. The first-order chi connectivity index (χ1) is 17.7. The molecule has 0 radical (unpaired) electrons. The smallest absolute Gasteiger partial charge is 0.159 e. The minimum atomic E-state index is 0.275. The highest BCUT2D eigenvalue weighted by atomic mass is 16.3. The Bertz CT molecular complexity index is 1310. The molecule has 4 heterocycles. The Labute approximate surface area is 211 Å². The van der Waals surface area contributed by atoms with Gasteiger partial charge < -0.3 is 5.11 Å². The minimum absolute atomic E-state index is 0.275. The van der Waals surface area contributed by atoms with Crippen molar-refractivity contribution in [2.75, 3.05) is 13.2 Å². The van der Waals surface area contributed by atoms with E-state index in [1.807, 2.05) is 50.2 Å². The molecule has 1 saturated heterocycles. The van der Waals surface area contributed by atoms with Gasteiger partial charge in [0.25, 0.3) is 0 Å². The van der Waals surface area contributed by atoms with Crippen molar-refractivity contribution in [3.05, 3.63) is 61.4 Å². The Morgan fingerprint density at radius 2 is 1.61 bits per heavy atom. The number of aliphatic hydroxyl groups excluding tert-OH is 1. The maximum atomic E-state index is 9.76. The van der Waals surface area contributed by atoms with E-state index in [4.69, 9.17) is 5.10 Å². The van der Waals surface area contributed by atoms with Crippen LogP contribution in [0.3, 0.4) is 0 Å². The van der Waals surface area contributed by atoms with Crippen LogP contribution >= 0.6 is 0 Å². The third-order valence-corrected chi connectivity index (χ3v) is 7.84. The average Bonchev–Trinajstić information content (AvgIpc) is 3.70. The first-order valence-corrected chi connectivity index (χ1v) is 13.0. The topological polar surface area (TPSA) is 84.9 Å². The van der Waals surface area contributed by atoms with Gasteiger partial charge in [0.05, 0.1) is 25.0 Å². The van der Waals surface area contributed by atoms with Crippen LogP contribution in [0.25, 0.3) is 33.6 Å². The summed E-state index contributed by atoms with van der Waals surface area (Å²) in [6.07, 6.45) is 18.7. The first kappa shape index (κ1) is 23.1. The van der Waals surface area contributed by atoms with Crippen molar-refractivity contribution in [2.24, 2.45) is 7.05 Å². The second kappa shape index (κ2) is 9.95. The van der Waals surface area contributed by atoms with Crippen LogP contribution in [0.4, 0.5) is 0 Å². The van der Waals surface area contributed by atoms with Crippen molar-refractivity contribution >= 4 is 0 Å². The fourth-order valence-corrected chi connectivity index (χ4v) is 5.94. The molecule has 186 valence electrons. The van der Waals surface area contributed by atoms with Gasteiger partial charge in [-0.2, -0.15) is 10.2 Å². The third kappa shape index (κ3) is 4.58. The van der Waals surface area contributed by atoms with E-state index in [-0.39, 0.29) is 6.61 Å². The molecule has 0 amide bonds. The molecule has 0 spiro atoms. The number of aromatic nitrogens is 6. The molecule has 36 heavy (non-hydrogen) atoms. The lowest BCUT2D eigenvalue weighted by Gasteiger charge is -2.38. The van der Waals surface area contributed by atoms with E-state index in [1.54, 1.807) is 4.68 Å². The molecule has 1 saturated carbocycles. The summed E-state index contributed by atoms with van der Waals surface area (Å²) in [5, 5.41) is 18.8. The van der Waals surface area contributed by atoms with Gasteiger partial charge in [0.1, 0.15) is 0 Å². The maximum Gasteiger partial charge on any atom is 0.159 e. The van der Waals surface area contributed by atoms with Gasteiger partial charge in [-0.25, -0.2) is 9.97 Å². The molecule has 1 N–H and O–H groups in total. The summed E-state index contributed by atoms with van der Waals surface area (Å²) >= 11 is 0. The van der Waals surface area contributed by atoms with Gasteiger partial charge in [0.15, 0.2) is 5.82 Å². The van der Waals surface area contributed by atoms with Gasteiger partial charge in [-0.05, 0) is 56.7 Å². The van der Waals surface area contributed by atoms with Gasteiger partial charge in [0, 0.05) is 66.2 Å². The van der Waals surface area contributed by atoms with Crippen LogP contribution in [0.2, 0.25) is 0 Å². The SMILES string of the molecule is Cn1cc(-c2cccc(-c3ncc(-c4cnn(C5CCC[C@@H](N6CCC[C@@H]6CO)C5)c4)cn3)c2)cn1. The van der Waals surface area contributed by atoms with Crippen LogP contribution in [-0.4, -0.2) is 64.8 Å². The molecule has 0 bridgehead atoms. The number of aliphatic hydroxyl groups is 1. The van der Waals surface area contributed by atoms with Crippen molar-refractivity contribution < 1.29 is 5.11 Å². The van der Waals surface area contributed by atoms with Crippen LogP contribution in [0.1, 0.15) is 44.6 Å². The minimum Gasteiger partial charge on any atom is -0.395 e. The Morgan fingerprint density at radius 3 is 2.42 bits per heavy atom. The number of nitrogens with zero attached hydrogens (tertiary/aromatic N) is 7. The van der Waals surface area contributed by atoms with Crippen LogP contribution in [0, 0.1) is 0 Å². The summed E-state index contributed by atoms with van der Waals surface area (Å²) in [5.74, 6) is 0.705. The molecule has 2 aliphatic rings. The molecule has 8 heteroatoms. The van der Waals surface area contributed by atoms with Gasteiger partial charge in [-0.1, -0.05) is 18.2 Å². The lowest BCUT2D eigenvalue weighted by Crippen LogP contribution is -2.43. The van der Waals surface area contributed by atoms with Crippen molar-refractivity contribution in [3.8, 4) is 33.6 Å². The van der Waals surface area contributed by atoms with E-state index in [1.165, 1.54) is 19.3 Å². The number of hydrogen-bond donors (Lipinski definition) is 1. The predicted molar refractivity (Wildman–Crippen MR) is 139 cm³/mol. The van der Waals surface area contributed by atoms with E-state index in [9.17, 15) is 5.11 Å². The van der Waals surface area contributed by atoms with E-state index in [0.29, 0.717) is 23.9 Å². The normalized spacial score (nSPS) is 22.8. The van der Waals surface area contributed by atoms with Crippen LogP contribution in [0.15, 0.2) is 61.4 Å². The molecule has 6 rings (SSSR count). The largest absolute Gasteiger partial charge is 0.395 e. The zero-order valence-corrected chi connectivity index (χ0v) is 20.7. The number of hydrogen-bond acceptors (Lipinski definition) is 6. The molecule has 4 aromatic rings. The quantitative estimate of drug-likeness (QED) is 0.439. The molecule has 8 nitrogen and oxygen atoms in total. The van der Waals surface area contributed by atoms with E-state index in [2.05, 4.69) is 43.0 Å². The predicted octanol–water partition coefficient (Wildman–Crippen LogP) is 4.35. The number of rotatable bonds is 6. The highest BCUT2D eigenvalue weighted by molar-refractivity contribution is 5.70. The molecule has 1 unspecified atom stereocenters. The zero-order chi connectivity index (χ0) is 24.5. The molecule has 1 aromatic carbocycles. The summed E-state index contributed by atoms with van der Waals surface area (Å²) in [7, 11) is 1.92. The van der Waals surface area contributed by atoms with Crippen LogP contribution in [0.5, 0.6) is 0 Å². The third-order valence-electron chi connectivity index (χ3n) is 7.84. The van der Waals surface area contributed by atoms with E-state index in [0.717, 1.165) is 53.6 Å². The number of benzene rings is 1. The van der Waals surface area contributed by atoms with E-state index < -0.39 is 0 Å². The van der Waals surface area contributed by atoms with Crippen molar-refractivity contribution in [2.45, 2.75) is 56.7 Å². The van der Waals surface area contributed by atoms with E-state index >= 15 is 0 Å². The summed E-state index contributed by atoms with van der Waals surface area (Å²) < 4.78 is 3.94. The Kier molecular flexibility index (Phi) is 6.37. The summed E-state index contributed by atoms with van der Waals surface area (Å²) in [4.78, 5) is 11.9. The Morgan fingerprint density at radius 1 is 0.833 bits per heavy atom. The molecule has 2 fully saturated rings. The second-order valence-electron chi connectivity index (χ2n) is 10.2. The fraction of sp³-hybridized carbons (Fsp3) is 0.429. The molecule has 3 aromatic heterocycles. The van der Waals surface area contributed by atoms with Crippen molar-refractivity contribution in [1.82, 2.24) is 34.4 Å². The molecule has 1 aliphatic carbocycles. The first-order valence-electron chi connectivity index (χ1n) is 13.0. The van der Waals surface area contributed by atoms with Crippen LogP contribution < -0.4 is 0 Å². The van der Waals surface area contributed by atoms with Gasteiger partial charge in [-0.15, -0.1) is 0 Å². The maximum absolute atomic E-state index is 9.76. The number of likely N-dealkylation sites (tertiary alicyclic amines) is 1. The average molecular weight is 484 g/mol. The van der Waals surface area contributed by atoms with Crippen LogP contribution in [-0.2, 0) is 7.05 Å². The summed E-state index contributed by atoms with van der Waals surface area (Å²) in [6.45, 7) is 1.39. The monoisotopic (exact) mass is 483 g/mol. The zero-order valence-electron chi connectivity index (χ0n) is 20.7. The number of aryl methyl sites for hydroxylation is 1. The molecular formula is C28H33N7O. The molecular weight excluding hydrogens is 450 g/mol.